The standard InChI is InChI=1S/C16H14Cl2N2O/c1-10(13-7-6-12(17)8-14(13)18)20-16-11(9-19)4-3-5-15(16)21-2/h3-8,10,20H,1-2H3. The molecule has 1 atom stereocenters. The smallest absolute Gasteiger partial charge is 0.143 e. The number of nitrogens with zero attached hydrogens (tertiary/aromatic N) is 1. The van der Waals surface area contributed by atoms with Crippen LogP contribution in [0, 0.1) is 11.3 Å². The van der Waals surface area contributed by atoms with Crippen LogP contribution in [0.25, 0.3) is 0 Å². The highest BCUT2D eigenvalue weighted by Gasteiger charge is 2.15. The van der Waals surface area contributed by atoms with E-state index in [1.807, 2.05) is 13.0 Å². The molecule has 21 heavy (non-hydrogen) atoms. The van der Waals surface area contributed by atoms with Crippen molar-refractivity contribution in [2.24, 2.45) is 0 Å². The van der Waals surface area contributed by atoms with Gasteiger partial charge in [0, 0.05) is 10.0 Å². The van der Waals surface area contributed by atoms with Gasteiger partial charge in [-0.15, -0.1) is 0 Å². The van der Waals surface area contributed by atoms with Crippen molar-refractivity contribution in [2.75, 3.05) is 12.4 Å². The van der Waals surface area contributed by atoms with Gasteiger partial charge in [0.1, 0.15) is 11.8 Å². The lowest BCUT2D eigenvalue weighted by Crippen LogP contribution is -2.09. The van der Waals surface area contributed by atoms with Crippen molar-refractivity contribution in [2.45, 2.75) is 13.0 Å². The van der Waals surface area contributed by atoms with E-state index in [1.54, 1.807) is 37.4 Å². The molecule has 0 fully saturated rings. The van der Waals surface area contributed by atoms with E-state index < -0.39 is 0 Å². The van der Waals surface area contributed by atoms with Gasteiger partial charge in [-0.3, -0.25) is 0 Å². The van der Waals surface area contributed by atoms with E-state index in [0.29, 0.717) is 27.0 Å². The second-order valence-corrected chi connectivity index (χ2v) is 5.37. The molecular formula is C16H14Cl2N2O. The normalized spacial score (nSPS) is 11.6. The fourth-order valence-electron chi connectivity index (χ4n) is 2.09. The Hall–Kier alpha value is -1.89. The highest BCUT2D eigenvalue weighted by Crippen LogP contribution is 2.33. The number of methoxy groups -OCH3 is 1. The molecule has 0 bridgehead atoms. The summed E-state index contributed by atoms with van der Waals surface area (Å²) < 4.78 is 5.31. The maximum Gasteiger partial charge on any atom is 0.143 e. The summed E-state index contributed by atoms with van der Waals surface area (Å²) in [6.45, 7) is 1.96. The number of hydrogen-bond donors (Lipinski definition) is 1. The van der Waals surface area contributed by atoms with Gasteiger partial charge in [0.2, 0.25) is 0 Å². The van der Waals surface area contributed by atoms with Crippen LogP contribution in [-0.4, -0.2) is 7.11 Å². The van der Waals surface area contributed by atoms with Crippen LogP contribution in [0.3, 0.4) is 0 Å². The number of hydrogen-bond acceptors (Lipinski definition) is 3. The molecule has 2 aromatic rings. The first-order valence-corrected chi connectivity index (χ1v) is 7.11. The SMILES string of the molecule is COc1cccc(C#N)c1NC(C)c1ccc(Cl)cc1Cl. The van der Waals surface area contributed by atoms with Crippen molar-refractivity contribution < 1.29 is 4.74 Å². The van der Waals surface area contributed by atoms with E-state index in [-0.39, 0.29) is 6.04 Å². The van der Waals surface area contributed by atoms with Crippen LogP contribution in [0.15, 0.2) is 36.4 Å². The third kappa shape index (κ3) is 3.41. The van der Waals surface area contributed by atoms with Gasteiger partial charge in [-0.2, -0.15) is 5.26 Å². The van der Waals surface area contributed by atoms with Crippen molar-refractivity contribution in [3.05, 3.63) is 57.6 Å². The maximum absolute atomic E-state index is 9.22. The molecule has 0 spiro atoms. The zero-order chi connectivity index (χ0) is 15.4. The van der Waals surface area contributed by atoms with Gasteiger partial charge in [-0.25, -0.2) is 0 Å². The Morgan fingerprint density at radius 3 is 2.62 bits per heavy atom. The first-order chi connectivity index (χ1) is 10.1. The van der Waals surface area contributed by atoms with Crippen molar-refractivity contribution in [1.82, 2.24) is 0 Å². The summed E-state index contributed by atoms with van der Waals surface area (Å²) in [4.78, 5) is 0. The third-order valence-electron chi connectivity index (χ3n) is 3.16. The molecule has 2 rings (SSSR count). The predicted octanol–water partition coefficient (Wildman–Crippen LogP) is 5.05. The molecule has 2 aromatic carbocycles. The van der Waals surface area contributed by atoms with E-state index in [1.165, 1.54) is 0 Å². The Bertz CT molecular complexity index is 695. The molecule has 0 saturated heterocycles. The molecule has 0 aliphatic heterocycles. The van der Waals surface area contributed by atoms with Gasteiger partial charge in [0.15, 0.2) is 0 Å². The Morgan fingerprint density at radius 2 is 2.00 bits per heavy atom. The first-order valence-electron chi connectivity index (χ1n) is 6.35. The number of anilines is 1. The molecule has 1 unspecified atom stereocenters. The molecule has 108 valence electrons. The molecular weight excluding hydrogens is 307 g/mol. The van der Waals surface area contributed by atoms with Crippen molar-refractivity contribution in [1.29, 1.82) is 5.26 Å². The molecule has 0 radical (unpaired) electrons. The molecule has 0 saturated carbocycles. The van der Waals surface area contributed by atoms with E-state index >= 15 is 0 Å². The van der Waals surface area contributed by atoms with Crippen LogP contribution in [0.2, 0.25) is 10.0 Å². The minimum Gasteiger partial charge on any atom is -0.495 e. The molecule has 0 heterocycles. The van der Waals surface area contributed by atoms with Gasteiger partial charge < -0.3 is 10.1 Å². The molecule has 0 aliphatic carbocycles. The minimum atomic E-state index is -0.0989. The summed E-state index contributed by atoms with van der Waals surface area (Å²) in [5, 5.41) is 13.7. The highest BCUT2D eigenvalue weighted by atomic mass is 35.5. The van der Waals surface area contributed by atoms with Gasteiger partial charge in [0.25, 0.3) is 0 Å². The topological polar surface area (TPSA) is 45.0 Å². The van der Waals surface area contributed by atoms with Crippen LogP contribution in [0.1, 0.15) is 24.1 Å². The quantitative estimate of drug-likeness (QED) is 0.857. The number of para-hydroxylation sites is 1. The zero-order valence-electron chi connectivity index (χ0n) is 11.7. The highest BCUT2D eigenvalue weighted by molar-refractivity contribution is 6.35. The van der Waals surface area contributed by atoms with Crippen molar-refractivity contribution in [3.63, 3.8) is 0 Å². The summed E-state index contributed by atoms with van der Waals surface area (Å²) >= 11 is 12.1. The van der Waals surface area contributed by atoms with E-state index in [2.05, 4.69) is 11.4 Å². The first kappa shape index (κ1) is 15.5. The molecule has 0 aromatic heterocycles. The Balaban J connectivity index is 2.36. The van der Waals surface area contributed by atoms with Crippen molar-refractivity contribution >= 4 is 28.9 Å². The molecule has 0 aliphatic rings. The summed E-state index contributed by atoms with van der Waals surface area (Å²) in [6.07, 6.45) is 0. The molecule has 1 N–H and O–H groups in total. The Morgan fingerprint density at radius 1 is 1.24 bits per heavy atom. The van der Waals surface area contributed by atoms with E-state index in [0.717, 1.165) is 5.56 Å². The van der Waals surface area contributed by atoms with Crippen LogP contribution in [0.5, 0.6) is 5.75 Å². The van der Waals surface area contributed by atoms with Crippen LogP contribution in [-0.2, 0) is 0 Å². The number of nitrogens with one attached hydrogen (secondary N) is 1. The maximum atomic E-state index is 9.22. The number of rotatable bonds is 4. The predicted molar refractivity (Wildman–Crippen MR) is 86.2 cm³/mol. The summed E-state index contributed by atoms with van der Waals surface area (Å²) in [5.41, 5.74) is 2.07. The van der Waals surface area contributed by atoms with Crippen molar-refractivity contribution in [3.8, 4) is 11.8 Å². The summed E-state index contributed by atoms with van der Waals surface area (Å²) in [6, 6.07) is 12.7. The van der Waals surface area contributed by atoms with Crippen LogP contribution >= 0.6 is 23.2 Å². The summed E-state index contributed by atoms with van der Waals surface area (Å²) in [7, 11) is 1.57. The monoisotopic (exact) mass is 320 g/mol. The number of nitriles is 1. The lowest BCUT2D eigenvalue weighted by molar-refractivity contribution is 0.416. The number of ether oxygens (including phenoxy) is 1. The second-order valence-electron chi connectivity index (χ2n) is 4.53. The summed E-state index contributed by atoms with van der Waals surface area (Å²) in [5.74, 6) is 0.617. The largest absolute Gasteiger partial charge is 0.495 e. The van der Waals surface area contributed by atoms with Gasteiger partial charge in [-0.05, 0) is 36.8 Å². The lowest BCUT2D eigenvalue weighted by Gasteiger charge is -2.20. The number of benzene rings is 2. The molecule has 5 heteroatoms. The fraction of sp³-hybridized carbons (Fsp3) is 0.188. The minimum absolute atomic E-state index is 0.0989. The van der Waals surface area contributed by atoms with Gasteiger partial charge in [-0.1, -0.05) is 35.3 Å². The van der Waals surface area contributed by atoms with E-state index in [4.69, 9.17) is 27.9 Å². The Kier molecular flexibility index (Phi) is 4.95. The second kappa shape index (κ2) is 6.71. The lowest BCUT2D eigenvalue weighted by atomic mass is 10.1. The van der Waals surface area contributed by atoms with E-state index in [9.17, 15) is 5.26 Å². The average Bonchev–Trinajstić information content (AvgIpc) is 2.47. The third-order valence-corrected chi connectivity index (χ3v) is 3.72. The van der Waals surface area contributed by atoms with Crippen LogP contribution in [0.4, 0.5) is 5.69 Å². The zero-order valence-corrected chi connectivity index (χ0v) is 13.2. The average molecular weight is 321 g/mol. The van der Waals surface area contributed by atoms with Crippen LogP contribution < -0.4 is 10.1 Å². The number of halogens is 2. The molecule has 3 nitrogen and oxygen atoms in total. The fourth-order valence-corrected chi connectivity index (χ4v) is 2.66. The van der Waals surface area contributed by atoms with Gasteiger partial charge >= 0.3 is 0 Å². The molecule has 0 amide bonds. The Labute approximate surface area is 134 Å². The van der Waals surface area contributed by atoms with Gasteiger partial charge in [0.05, 0.1) is 24.4 Å².